The van der Waals surface area contributed by atoms with Gasteiger partial charge in [0.1, 0.15) is 5.75 Å². The van der Waals surface area contributed by atoms with Gasteiger partial charge in [-0.2, -0.15) is 0 Å². The first-order valence-corrected chi connectivity index (χ1v) is 8.08. The molecule has 0 aliphatic rings. The summed E-state index contributed by atoms with van der Waals surface area (Å²) in [5.41, 5.74) is 2.27. The fourth-order valence-electron chi connectivity index (χ4n) is 1.54. The molecule has 2 rings (SSSR count). The normalized spacial score (nSPS) is 12.5. The van der Waals surface area contributed by atoms with E-state index in [2.05, 4.69) is 50.0 Å². The van der Waals surface area contributed by atoms with E-state index in [1.807, 2.05) is 18.2 Å². The fourth-order valence-corrected chi connectivity index (χ4v) is 3.91. The number of benzene rings is 1. The van der Waals surface area contributed by atoms with Crippen molar-refractivity contribution in [3.8, 4) is 5.75 Å². The van der Waals surface area contributed by atoms with Crippen LogP contribution < -0.4 is 4.74 Å². The molecular formula is C12H9BrClIOS. The summed E-state index contributed by atoms with van der Waals surface area (Å²) in [5, 5.41) is 2.86. The first-order chi connectivity index (χ1) is 8.11. The van der Waals surface area contributed by atoms with E-state index in [9.17, 15) is 0 Å². The molecule has 0 fully saturated rings. The van der Waals surface area contributed by atoms with Crippen molar-refractivity contribution in [2.24, 2.45) is 0 Å². The van der Waals surface area contributed by atoms with Crippen LogP contribution in [0.2, 0.25) is 5.02 Å². The summed E-state index contributed by atoms with van der Waals surface area (Å²) in [6, 6.07) is 7.82. The number of rotatable bonds is 3. The van der Waals surface area contributed by atoms with Crippen molar-refractivity contribution in [3.63, 3.8) is 0 Å². The van der Waals surface area contributed by atoms with Gasteiger partial charge < -0.3 is 4.74 Å². The number of alkyl halides is 1. The minimum atomic E-state index is 0.107. The number of halogens is 3. The molecule has 0 aliphatic heterocycles. The van der Waals surface area contributed by atoms with Crippen molar-refractivity contribution in [1.82, 2.24) is 0 Å². The highest BCUT2D eigenvalue weighted by Gasteiger charge is 2.16. The molecule has 0 saturated carbocycles. The van der Waals surface area contributed by atoms with Crippen LogP contribution in [0.1, 0.15) is 16.0 Å². The van der Waals surface area contributed by atoms with Crippen LogP contribution in [0.15, 0.2) is 29.6 Å². The molecule has 90 valence electrons. The van der Waals surface area contributed by atoms with E-state index in [0.717, 1.165) is 16.3 Å². The van der Waals surface area contributed by atoms with Gasteiger partial charge in [-0.3, -0.25) is 0 Å². The summed E-state index contributed by atoms with van der Waals surface area (Å²) >= 11 is 13.8. The molecule has 0 saturated heterocycles. The Kier molecular flexibility index (Phi) is 4.74. The summed E-state index contributed by atoms with van der Waals surface area (Å²) in [5.74, 6) is 0.845. The van der Waals surface area contributed by atoms with Gasteiger partial charge in [-0.25, -0.2) is 0 Å². The molecule has 0 spiro atoms. The van der Waals surface area contributed by atoms with Crippen LogP contribution in [-0.4, -0.2) is 7.11 Å². The third-order valence-electron chi connectivity index (χ3n) is 2.35. The second-order valence-corrected chi connectivity index (χ2v) is 7.59. The number of ether oxygens (including phenoxy) is 1. The molecule has 1 unspecified atom stereocenters. The topological polar surface area (TPSA) is 9.23 Å². The predicted octanol–water partition coefficient (Wildman–Crippen LogP) is 5.50. The minimum Gasteiger partial charge on any atom is -0.496 e. The Hall–Kier alpha value is 0.220. The van der Waals surface area contributed by atoms with Gasteiger partial charge in [-0.1, -0.05) is 27.5 Å². The van der Waals surface area contributed by atoms with Crippen LogP contribution in [-0.2, 0) is 0 Å². The molecule has 17 heavy (non-hydrogen) atoms. The van der Waals surface area contributed by atoms with Crippen molar-refractivity contribution in [1.29, 1.82) is 0 Å². The molecule has 5 heteroatoms. The van der Waals surface area contributed by atoms with Gasteiger partial charge >= 0.3 is 0 Å². The summed E-state index contributed by atoms with van der Waals surface area (Å²) < 4.78 is 6.63. The molecule has 1 aromatic heterocycles. The smallest absolute Gasteiger partial charge is 0.123 e. The minimum absolute atomic E-state index is 0.107. The van der Waals surface area contributed by atoms with Gasteiger partial charge in [0, 0.05) is 10.6 Å². The quantitative estimate of drug-likeness (QED) is 0.450. The summed E-state index contributed by atoms with van der Waals surface area (Å²) in [4.78, 5) is 0.107. The first kappa shape index (κ1) is 13.6. The molecule has 0 bridgehead atoms. The molecule has 1 aromatic carbocycles. The van der Waals surface area contributed by atoms with Crippen LogP contribution in [0.25, 0.3) is 0 Å². The second-order valence-electron chi connectivity index (χ2n) is 3.43. The van der Waals surface area contributed by atoms with Gasteiger partial charge in [-0.15, -0.1) is 11.3 Å². The van der Waals surface area contributed by atoms with Crippen LogP contribution in [0.3, 0.4) is 0 Å². The van der Waals surface area contributed by atoms with Crippen molar-refractivity contribution >= 4 is 61.5 Å². The predicted molar refractivity (Wildman–Crippen MR) is 85.8 cm³/mol. The largest absolute Gasteiger partial charge is 0.496 e. The fraction of sp³-hybridized carbons (Fsp3) is 0.167. The molecule has 1 atom stereocenters. The maximum absolute atomic E-state index is 6.04. The molecule has 1 nitrogen and oxygen atoms in total. The maximum atomic E-state index is 6.04. The lowest BCUT2D eigenvalue weighted by Gasteiger charge is -2.13. The van der Waals surface area contributed by atoms with Crippen molar-refractivity contribution in [2.75, 3.05) is 7.11 Å². The van der Waals surface area contributed by atoms with E-state index < -0.39 is 0 Å². The third-order valence-corrected chi connectivity index (χ3v) is 5.41. The highest BCUT2D eigenvalue weighted by atomic mass is 127. The van der Waals surface area contributed by atoms with E-state index in [-0.39, 0.29) is 4.83 Å². The van der Waals surface area contributed by atoms with E-state index in [4.69, 9.17) is 16.3 Å². The van der Waals surface area contributed by atoms with Gasteiger partial charge in [0.05, 0.1) is 14.8 Å². The number of methoxy groups -OCH3 is 1. The van der Waals surface area contributed by atoms with Gasteiger partial charge in [0.15, 0.2) is 0 Å². The van der Waals surface area contributed by atoms with E-state index in [0.29, 0.717) is 0 Å². The van der Waals surface area contributed by atoms with E-state index >= 15 is 0 Å². The number of hydrogen-bond acceptors (Lipinski definition) is 2. The van der Waals surface area contributed by atoms with Crippen LogP contribution in [0.5, 0.6) is 5.75 Å². The maximum Gasteiger partial charge on any atom is 0.123 e. The highest BCUT2D eigenvalue weighted by molar-refractivity contribution is 14.1. The van der Waals surface area contributed by atoms with E-state index in [1.165, 1.54) is 8.45 Å². The Balaban J connectivity index is 2.42. The zero-order chi connectivity index (χ0) is 12.4. The second kappa shape index (κ2) is 5.91. The summed E-state index contributed by atoms with van der Waals surface area (Å²) in [7, 11) is 1.67. The van der Waals surface area contributed by atoms with Crippen molar-refractivity contribution in [2.45, 2.75) is 4.83 Å². The molecule has 0 N–H and O–H groups in total. The Morgan fingerprint density at radius 1 is 1.41 bits per heavy atom. The number of thiophene rings is 1. The zero-order valence-electron chi connectivity index (χ0n) is 8.91. The first-order valence-electron chi connectivity index (χ1n) is 4.83. The molecular weight excluding hydrogens is 434 g/mol. The highest BCUT2D eigenvalue weighted by Crippen LogP contribution is 2.39. The molecule has 2 aromatic rings. The molecule has 0 radical (unpaired) electrons. The van der Waals surface area contributed by atoms with Crippen LogP contribution in [0.4, 0.5) is 0 Å². The lowest BCUT2D eigenvalue weighted by molar-refractivity contribution is 0.410. The lowest BCUT2D eigenvalue weighted by Crippen LogP contribution is -1.95. The Bertz CT molecular complexity index is 529. The lowest BCUT2D eigenvalue weighted by atomic mass is 10.1. The van der Waals surface area contributed by atoms with E-state index in [1.54, 1.807) is 18.4 Å². The van der Waals surface area contributed by atoms with Crippen molar-refractivity contribution in [3.05, 3.63) is 48.7 Å². The van der Waals surface area contributed by atoms with Crippen LogP contribution in [0, 0.1) is 2.88 Å². The Morgan fingerprint density at radius 3 is 2.76 bits per heavy atom. The molecule has 0 aliphatic carbocycles. The van der Waals surface area contributed by atoms with Gasteiger partial charge in [0.25, 0.3) is 0 Å². The molecule has 0 amide bonds. The van der Waals surface area contributed by atoms with Gasteiger partial charge in [0.2, 0.25) is 0 Å². The summed E-state index contributed by atoms with van der Waals surface area (Å²) in [6.07, 6.45) is 0. The third kappa shape index (κ3) is 3.16. The van der Waals surface area contributed by atoms with Crippen LogP contribution >= 0.6 is 61.5 Å². The number of hydrogen-bond donors (Lipinski definition) is 0. The average Bonchev–Trinajstić information content (AvgIpc) is 2.75. The SMILES string of the molecule is COc1ccc(Cl)cc1C(Br)c1csc(I)c1. The monoisotopic (exact) mass is 442 g/mol. The standard InChI is InChI=1S/C12H9BrClIOS/c1-16-10-3-2-8(14)5-9(10)12(13)7-4-11(15)17-6-7/h2-6,12H,1H3. The summed E-state index contributed by atoms with van der Waals surface area (Å²) in [6.45, 7) is 0. The van der Waals surface area contributed by atoms with Gasteiger partial charge in [-0.05, 0) is 57.8 Å². The Morgan fingerprint density at radius 2 is 2.18 bits per heavy atom. The Labute approximate surface area is 131 Å². The molecule has 1 heterocycles. The van der Waals surface area contributed by atoms with Crippen molar-refractivity contribution < 1.29 is 4.74 Å². The zero-order valence-corrected chi connectivity index (χ0v) is 14.2. The average molecular weight is 444 g/mol.